The van der Waals surface area contributed by atoms with Crippen molar-refractivity contribution >= 4 is 11.8 Å². The first kappa shape index (κ1) is 22.3. The van der Waals surface area contributed by atoms with E-state index in [-0.39, 0.29) is 0 Å². The minimum Gasteiger partial charge on any atom is -0.377 e. The van der Waals surface area contributed by atoms with Crippen molar-refractivity contribution in [1.82, 2.24) is 4.90 Å². The summed E-state index contributed by atoms with van der Waals surface area (Å²) in [4.78, 5) is 4.78. The number of likely N-dealkylation sites (N-methyl/N-ethyl adjacent to an activating group) is 1. The minimum absolute atomic E-state index is 0.986. The Bertz CT molecular complexity index is 612. The maximum absolute atomic E-state index is 2.60. The molecule has 0 fully saturated rings. The van der Waals surface area contributed by atoms with E-state index in [1.54, 1.807) is 0 Å². The Kier molecular flexibility index (Phi) is 10.6. The fourth-order valence-electron chi connectivity index (χ4n) is 3.53. The van der Waals surface area contributed by atoms with Crippen LogP contribution in [0.25, 0.3) is 6.08 Å². The molecule has 0 saturated carbocycles. The predicted molar refractivity (Wildman–Crippen MR) is 126 cm³/mol. The number of nitrogens with zero attached hydrogens (tertiary/aromatic N) is 2. The van der Waals surface area contributed by atoms with Gasteiger partial charge in [-0.1, -0.05) is 82.7 Å². The van der Waals surface area contributed by atoms with Crippen molar-refractivity contribution in [1.29, 1.82) is 0 Å². The van der Waals surface area contributed by atoms with E-state index in [9.17, 15) is 0 Å². The third kappa shape index (κ3) is 8.37. The first-order chi connectivity index (χ1) is 13.7. The van der Waals surface area contributed by atoms with E-state index < -0.39 is 0 Å². The van der Waals surface area contributed by atoms with Crippen LogP contribution >= 0.6 is 0 Å². The van der Waals surface area contributed by atoms with E-state index >= 15 is 0 Å². The lowest BCUT2D eigenvalue weighted by atomic mass is 10.1. The Hall–Kier alpha value is -1.96. The van der Waals surface area contributed by atoms with Gasteiger partial charge in [0.25, 0.3) is 0 Å². The van der Waals surface area contributed by atoms with E-state index in [0.717, 1.165) is 6.54 Å². The lowest BCUT2D eigenvalue weighted by Crippen LogP contribution is -2.25. The van der Waals surface area contributed by atoms with E-state index in [0.29, 0.717) is 0 Å². The number of benzene rings is 1. The van der Waals surface area contributed by atoms with Gasteiger partial charge < -0.3 is 9.80 Å². The first-order valence-electron chi connectivity index (χ1n) is 11.3. The van der Waals surface area contributed by atoms with Crippen molar-refractivity contribution in [3.05, 3.63) is 59.8 Å². The lowest BCUT2D eigenvalue weighted by Gasteiger charge is -2.25. The molecule has 0 bridgehead atoms. The maximum atomic E-state index is 2.60. The Labute approximate surface area is 173 Å². The molecule has 0 atom stereocenters. The molecule has 0 aliphatic carbocycles. The monoisotopic (exact) mass is 380 g/mol. The molecule has 0 saturated heterocycles. The molecule has 1 aromatic rings. The Morgan fingerprint density at radius 3 is 2.04 bits per heavy atom. The summed E-state index contributed by atoms with van der Waals surface area (Å²) in [7, 11) is 2.10. The second-order valence-electron chi connectivity index (χ2n) is 7.99. The highest BCUT2D eigenvalue weighted by atomic mass is 15.1. The average molecular weight is 381 g/mol. The van der Waals surface area contributed by atoms with Gasteiger partial charge in [0.1, 0.15) is 0 Å². The minimum atomic E-state index is 0.986. The quantitative estimate of drug-likeness (QED) is 0.338. The van der Waals surface area contributed by atoms with Gasteiger partial charge in [0.2, 0.25) is 0 Å². The molecule has 2 nitrogen and oxygen atoms in total. The van der Waals surface area contributed by atoms with Crippen LogP contribution in [0.1, 0.15) is 70.8 Å². The van der Waals surface area contributed by atoms with E-state index in [4.69, 9.17) is 0 Å². The molecule has 2 rings (SSSR count). The summed E-state index contributed by atoms with van der Waals surface area (Å²) in [5, 5.41) is 0. The number of anilines is 1. The normalized spacial score (nSPS) is 14.0. The van der Waals surface area contributed by atoms with Crippen LogP contribution in [-0.2, 0) is 0 Å². The van der Waals surface area contributed by atoms with Crippen LogP contribution in [0.15, 0.2) is 54.3 Å². The molecular weight excluding hydrogens is 340 g/mol. The second kappa shape index (κ2) is 13.3. The van der Waals surface area contributed by atoms with Crippen molar-refractivity contribution in [3.8, 4) is 0 Å². The van der Waals surface area contributed by atoms with Gasteiger partial charge in [0, 0.05) is 32.4 Å². The Balaban J connectivity index is 1.93. The summed E-state index contributed by atoms with van der Waals surface area (Å²) in [5.74, 6) is 0. The summed E-state index contributed by atoms with van der Waals surface area (Å²) in [6, 6.07) is 9.13. The van der Waals surface area contributed by atoms with Crippen LogP contribution in [0.4, 0.5) is 5.69 Å². The standard InChI is InChI=1S/C26H40N2/c1-4-6-8-10-20-28(21-11-9-7-5-2)26-16-14-24(15-17-26)12-13-25-18-22-27(3)23-19-25/h12-19,22H,4-11,20-21,23H2,1-3H3/b13-12+. The van der Waals surface area contributed by atoms with Gasteiger partial charge in [-0.3, -0.25) is 0 Å². The maximum Gasteiger partial charge on any atom is 0.0366 e. The van der Waals surface area contributed by atoms with Crippen molar-refractivity contribution in [3.63, 3.8) is 0 Å². The van der Waals surface area contributed by atoms with Gasteiger partial charge in [0.15, 0.2) is 0 Å². The van der Waals surface area contributed by atoms with Crippen molar-refractivity contribution in [2.24, 2.45) is 0 Å². The SMILES string of the molecule is CCCCCCN(CCCCCC)c1ccc(/C=C/C2=CCN(C)C=C2)cc1. The highest BCUT2D eigenvalue weighted by Gasteiger charge is 2.06. The zero-order chi connectivity index (χ0) is 20.0. The van der Waals surface area contributed by atoms with Crippen LogP contribution < -0.4 is 4.90 Å². The van der Waals surface area contributed by atoms with E-state index in [1.807, 2.05) is 0 Å². The summed E-state index contributed by atoms with van der Waals surface area (Å²) >= 11 is 0. The summed E-state index contributed by atoms with van der Waals surface area (Å²) in [6.07, 6.45) is 21.6. The topological polar surface area (TPSA) is 6.48 Å². The van der Waals surface area contributed by atoms with Crippen LogP contribution in [0.3, 0.4) is 0 Å². The van der Waals surface area contributed by atoms with Crippen LogP contribution in [-0.4, -0.2) is 31.6 Å². The first-order valence-corrected chi connectivity index (χ1v) is 11.3. The van der Waals surface area contributed by atoms with Gasteiger partial charge in [0.05, 0.1) is 0 Å². The molecular formula is C26H40N2. The number of hydrogen-bond donors (Lipinski definition) is 0. The highest BCUT2D eigenvalue weighted by Crippen LogP contribution is 2.19. The zero-order valence-corrected chi connectivity index (χ0v) is 18.4. The second-order valence-corrected chi connectivity index (χ2v) is 7.99. The van der Waals surface area contributed by atoms with Crippen LogP contribution in [0.2, 0.25) is 0 Å². The molecule has 1 aliphatic heterocycles. The summed E-state index contributed by atoms with van der Waals surface area (Å²) in [5.41, 5.74) is 3.94. The van der Waals surface area contributed by atoms with Gasteiger partial charge >= 0.3 is 0 Å². The number of rotatable bonds is 13. The van der Waals surface area contributed by atoms with Crippen molar-refractivity contribution in [2.75, 3.05) is 31.6 Å². The Morgan fingerprint density at radius 2 is 1.50 bits per heavy atom. The molecule has 0 unspecified atom stereocenters. The van der Waals surface area contributed by atoms with Crippen LogP contribution in [0.5, 0.6) is 0 Å². The average Bonchev–Trinajstić information content (AvgIpc) is 2.73. The number of allylic oxidation sites excluding steroid dienone is 3. The fraction of sp³-hybridized carbons (Fsp3) is 0.538. The molecule has 2 heteroatoms. The molecule has 1 aliphatic rings. The van der Waals surface area contributed by atoms with Crippen LogP contribution in [0, 0.1) is 0 Å². The predicted octanol–water partition coefficient (Wildman–Crippen LogP) is 7.05. The Morgan fingerprint density at radius 1 is 0.857 bits per heavy atom. The smallest absolute Gasteiger partial charge is 0.0366 e. The molecule has 0 amide bonds. The summed E-state index contributed by atoms with van der Waals surface area (Å²) in [6.45, 7) is 7.93. The van der Waals surface area contributed by atoms with E-state index in [2.05, 4.69) is 85.5 Å². The highest BCUT2D eigenvalue weighted by molar-refractivity contribution is 5.59. The van der Waals surface area contributed by atoms with Gasteiger partial charge in [-0.05, 0) is 48.4 Å². The molecule has 0 aromatic heterocycles. The largest absolute Gasteiger partial charge is 0.377 e. The number of hydrogen-bond acceptors (Lipinski definition) is 2. The van der Waals surface area contributed by atoms with E-state index in [1.165, 1.54) is 81.3 Å². The third-order valence-corrected chi connectivity index (χ3v) is 5.43. The molecule has 0 radical (unpaired) electrons. The third-order valence-electron chi connectivity index (χ3n) is 5.43. The molecule has 0 N–H and O–H groups in total. The van der Waals surface area contributed by atoms with Crippen molar-refractivity contribution < 1.29 is 0 Å². The molecule has 154 valence electrons. The molecule has 1 aromatic carbocycles. The van der Waals surface area contributed by atoms with Crippen molar-refractivity contribution in [2.45, 2.75) is 65.2 Å². The fourth-order valence-corrected chi connectivity index (χ4v) is 3.53. The molecule has 1 heterocycles. The van der Waals surface area contributed by atoms with Gasteiger partial charge in [-0.15, -0.1) is 0 Å². The van der Waals surface area contributed by atoms with Gasteiger partial charge in [-0.2, -0.15) is 0 Å². The molecule has 0 spiro atoms. The number of unbranched alkanes of at least 4 members (excludes halogenated alkanes) is 6. The van der Waals surface area contributed by atoms with Gasteiger partial charge in [-0.25, -0.2) is 0 Å². The summed E-state index contributed by atoms with van der Waals surface area (Å²) < 4.78 is 0. The lowest BCUT2D eigenvalue weighted by molar-refractivity contribution is 0.503. The molecule has 28 heavy (non-hydrogen) atoms. The zero-order valence-electron chi connectivity index (χ0n) is 18.4.